The number of nitrogens with one attached hydrogen (secondary N) is 1. The fourth-order valence-corrected chi connectivity index (χ4v) is 2.33. The molecule has 0 saturated heterocycles. The van der Waals surface area contributed by atoms with Crippen LogP contribution in [0.25, 0.3) is 6.08 Å². The molecule has 0 spiro atoms. The van der Waals surface area contributed by atoms with Crippen LogP contribution in [0.15, 0.2) is 27.6 Å². The third kappa shape index (κ3) is 3.49. The van der Waals surface area contributed by atoms with E-state index in [1.165, 1.54) is 9.69 Å². The van der Waals surface area contributed by atoms with Gasteiger partial charge in [-0.1, -0.05) is 6.08 Å². The van der Waals surface area contributed by atoms with E-state index in [1.54, 1.807) is 32.1 Å². The molecule has 0 bridgehead atoms. The second kappa shape index (κ2) is 7.21. The number of carbonyl (C=O) groups is 1. The highest BCUT2D eigenvalue weighted by molar-refractivity contribution is 6.24. The highest BCUT2D eigenvalue weighted by Gasteiger charge is 2.26. The second-order valence-corrected chi connectivity index (χ2v) is 5.11. The smallest absolute Gasteiger partial charge is 0.275 e. The standard InChI is InChI=1S/C15H20N4O4/c1-10-12(14(22)18(16-10)6-8-20)4-3-5-13-11(2)17-19(7-9-21)15(13)23/h3-5,16,20-21H,6-9H2,1-2H3/b4-3+,13-5-. The number of rotatable bonds is 6. The normalized spacial score (nSPS) is 16.9. The Bertz CT molecular complexity index is 739. The molecule has 8 heteroatoms. The van der Waals surface area contributed by atoms with E-state index in [1.807, 2.05) is 0 Å². The molecule has 0 unspecified atom stereocenters. The number of hydrogen-bond acceptors (Lipinski definition) is 5. The summed E-state index contributed by atoms with van der Waals surface area (Å²) in [6.07, 6.45) is 4.83. The molecule has 1 aliphatic rings. The van der Waals surface area contributed by atoms with Crippen LogP contribution in [-0.4, -0.2) is 56.4 Å². The second-order valence-electron chi connectivity index (χ2n) is 5.11. The van der Waals surface area contributed by atoms with E-state index in [-0.39, 0.29) is 37.8 Å². The largest absolute Gasteiger partial charge is 0.394 e. The lowest BCUT2D eigenvalue weighted by Gasteiger charge is -2.08. The van der Waals surface area contributed by atoms with Gasteiger partial charge in [0, 0.05) is 5.69 Å². The molecular weight excluding hydrogens is 300 g/mol. The maximum atomic E-state index is 12.1. The van der Waals surface area contributed by atoms with Crippen LogP contribution in [0.5, 0.6) is 0 Å². The van der Waals surface area contributed by atoms with Gasteiger partial charge in [-0.15, -0.1) is 0 Å². The SMILES string of the molecule is CC1=NN(CCO)C(=O)/C1=C\C=C\c1c(C)[nH]n(CCO)c1=O. The van der Waals surface area contributed by atoms with Crippen molar-refractivity contribution in [2.75, 3.05) is 19.8 Å². The number of amides is 1. The van der Waals surface area contributed by atoms with Crippen molar-refractivity contribution >= 4 is 17.7 Å². The van der Waals surface area contributed by atoms with Crippen molar-refractivity contribution in [3.8, 4) is 0 Å². The molecule has 2 rings (SSSR count). The van der Waals surface area contributed by atoms with E-state index in [0.717, 1.165) is 0 Å². The van der Waals surface area contributed by atoms with E-state index in [2.05, 4.69) is 10.2 Å². The summed E-state index contributed by atoms with van der Waals surface area (Å²) in [5, 5.41) is 26.0. The topological polar surface area (TPSA) is 111 Å². The number of β-amino-alcohol motifs (C(OH)–C–C–N with tert-alkyl or cyclic N) is 1. The molecule has 1 amide bonds. The van der Waals surface area contributed by atoms with Gasteiger partial charge in [0.1, 0.15) is 0 Å². The number of carbonyl (C=O) groups excluding carboxylic acids is 1. The van der Waals surface area contributed by atoms with Crippen LogP contribution in [-0.2, 0) is 11.3 Å². The number of aromatic amines is 1. The summed E-state index contributed by atoms with van der Waals surface area (Å²) in [6, 6.07) is 0. The number of hydrogen-bond donors (Lipinski definition) is 3. The number of hydrazone groups is 1. The average Bonchev–Trinajstić information content (AvgIpc) is 2.92. The lowest BCUT2D eigenvalue weighted by molar-refractivity contribution is -0.126. The van der Waals surface area contributed by atoms with Crippen molar-refractivity contribution in [2.45, 2.75) is 20.4 Å². The van der Waals surface area contributed by atoms with Gasteiger partial charge in [-0.3, -0.25) is 19.4 Å². The van der Waals surface area contributed by atoms with Gasteiger partial charge in [-0.2, -0.15) is 5.10 Å². The molecule has 0 aliphatic carbocycles. The predicted octanol–water partition coefficient (Wildman–Crippen LogP) is -0.373. The first-order valence-electron chi connectivity index (χ1n) is 7.26. The Kier molecular flexibility index (Phi) is 5.30. The quantitative estimate of drug-likeness (QED) is 0.621. The van der Waals surface area contributed by atoms with Gasteiger partial charge in [-0.05, 0) is 26.0 Å². The summed E-state index contributed by atoms with van der Waals surface area (Å²) in [4.78, 5) is 24.2. The maximum absolute atomic E-state index is 12.1. The van der Waals surface area contributed by atoms with Crippen molar-refractivity contribution in [1.29, 1.82) is 0 Å². The highest BCUT2D eigenvalue weighted by Crippen LogP contribution is 2.14. The van der Waals surface area contributed by atoms with Crippen LogP contribution in [0.3, 0.4) is 0 Å². The number of H-pyrrole nitrogens is 1. The third-order valence-corrected chi connectivity index (χ3v) is 3.47. The molecule has 0 saturated carbocycles. The van der Waals surface area contributed by atoms with Gasteiger partial charge in [0.05, 0.1) is 43.2 Å². The monoisotopic (exact) mass is 320 g/mol. The van der Waals surface area contributed by atoms with E-state index < -0.39 is 0 Å². The highest BCUT2D eigenvalue weighted by atomic mass is 16.3. The van der Waals surface area contributed by atoms with Gasteiger partial charge in [-0.25, -0.2) is 5.01 Å². The summed E-state index contributed by atoms with van der Waals surface area (Å²) in [6.45, 7) is 3.55. The molecule has 2 heterocycles. The maximum Gasteiger partial charge on any atom is 0.275 e. The fourth-order valence-electron chi connectivity index (χ4n) is 2.33. The van der Waals surface area contributed by atoms with Crippen LogP contribution in [0.2, 0.25) is 0 Å². The van der Waals surface area contributed by atoms with Gasteiger partial charge >= 0.3 is 0 Å². The first-order valence-corrected chi connectivity index (χ1v) is 7.26. The third-order valence-electron chi connectivity index (χ3n) is 3.47. The molecule has 1 aliphatic heterocycles. The van der Waals surface area contributed by atoms with E-state index in [4.69, 9.17) is 10.2 Å². The zero-order chi connectivity index (χ0) is 17.0. The predicted molar refractivity (Wildman–Crippen MR) is 85.9 cm³/mol. The molecular formula is C15H20N4O4. The molecule has 0 aromatic carbocycles. The van der Waals surface area contributed by atoms with E-state index in [9.17, 15) is 9.59 Å². The minimum atomic E-state index is -0.273. The Labute approximate surface area is 133 Å². The molecule has 124 valence electrons. The number of aryl methyl sites for hydroxylation is 1. The van der Waals surface area contributed by atoms with Crippen LogP contribution in [0.1, 0.15) is 18.2 Å². The van der Waals surface area contributed by atoms with Crippen LogP contribution >= 0.6 is 0 Å². The lowest BCUT2D eigenvalue weighted by atomic mass is 10.1. The Morgan fingerprint density at radius 1 is 1.17 bits per heavy atom. The van der Waals surface area contributed by atoms with Crippen molar-refractivity contribution in [3.63, 3.8) is 0 Å². The Morgan fingerprint density at radius 3 is 2.52 bits per heavy atom. The Morgan fingerprint density at radius 2 is 1.87 bits per heavy atom. The number of nitrogens with zero attached hydrogens (tertiary/aromatic N) is 3. The van der Waals surface area contributed by atoms with Crippen LogP contribution in [0.4, 0.5) is 0 Å². The lowest BCUT2D eigenvalue weighted by Crippen LogP contribution is -2.25. The number of aliphatic hydroxyl groups is 2. The van der Waals surface area contributed by atoms with Crippen molar-refractivity contribution in [2.24, 2.45) is 5.10 Å². The summed E-state index contributed by atoms with van der Waals surface area (Å²) in [7, 11) is 0. The van der Waals surface area contributed by atoms with Crippen LogP contribution in [0, 0.1) is 6.92 Å². The molecule has 23 heavy (non-hydrogen) atoms. The average molecular weight is 320 g/mol. The molecule has 3 N–H and O–H groups in total. The minimum absolute atomic E-state index is 0.127. The molecule has 0 atom stereocenters. The van der Waals surface area contributed by atoms with Crippen molar-refractivity contribution in [3.05, 3.63) is 39.3 Å². The van der Waals surface area contributed by atoms with Crippen molar-refractivity contribution in [1.82, 2.24) is 14.8 Å². The van der Waals surface area contributed by atoms with Gasteiger partial charge in [0.25, 0.3) is 11.5 Å². The van der Waals surface area contributed by atoms with Gasteiger partial charge < -0.3 is 10.2 Å². The Hall–Kier alpha value is -2.45. The molecule has 1 aromatic heterocycles. The van der Waals surface area contributed by atoms with Crippen LogP contribution < -0.4 is 5.56 Å². The van der Waals surface area contributed by atoms with Crippen molar-refractivity contribution < 1.29 is 15.0 Å². The molecule has 0 fully saturated rings. The number of aliphatic hydroxyl groups excluding tert-OH is 2. The summed E-state index contributed by atoms with van der Waals surface area (Å²) < 4.78 is 1.33. The zero-order valence-electron chi connectivity index (χ0n) is 13.1. The zero-order valence-corrected chi connectivity index (χ0v) is 13.1. The van der Waals surface area contributed by atoms with Gasteiger partial charge in [0.2, 0.25) is 0 Å². The first kappa shape index (κ1) is 16.9. The fraction of sp³-hybridized carbons (Fsp3) is 0.400. The Balaban J connectivity index is 2.21. The summed E-state index contributed by atoms with van der Waals surface area (Å²) in [5.41, 5.74) is 1.93. The van der Waals surface area contributed by atoms with Gasteiger partial charge in [0.15, 0.2) is 0 Å². The van der Waals surface area contributed by atoms with E-state index >= 15 is 0 Å². The number of allylic oxidation sites excluding steroid dienone is 2. The summed E-state index contributed by atoms with van der Waals surface area (Å²) >= 11 is 0. The molecule has 0 radical (unpaired) electrons. The number of aromatic nitrogens is 2. The van der Waals surface area contributed by atoms with E-state index in [0.29, 0.717) is 22.5 Å². The molecule has 1 aromatic rings. The minimum Gasteiger partial charge on any atom is -0.394 e. The molecule has 8 nitrogen and oxygen atoms in total. The summed E-state index contributed by atoms with van der Waals surface area (Å²) in [5.74, 6) is -0.273. The first-order chi connectivity index (χ1) is 11.0.